The van der Waals surface area contributed by atoms with E-state index in [1.807, 2.05) is 0 Å². The third kappa shape index (κ3) is 22.1. The average Bonchev–Trinajstić information content (AvgIpc) is 1.43. The van der Waals surface area contributed by atoms with Gasteiger partial charge in [0.15, 0.2) is 0 Å². The molecule has 0 saturated carbocycles. The van der Waals surface area contributed by atoms with Crippen molar-refractivity contribution < 1.29 is 221 Å². The van der Waals surface area contributed by atoms with Crippen LogP contribution in [0.15, 0.2) is 0 Å². The Balaban J connectivity index is -0.000000240. The van der Waals surface area contributed by atoms with Gasteiger partial charge in [0.05, 0.1) is 7.82 Å². The first kappa shape index (κ1) is 29.8. The van der Waals surface area contributed by atoms with Crippen LogP contribution in [0, 0.1) is 0 Å². The quantitative estimate of drug-likeness (QED) is 0.344. The minimum atomic E-state index is -5.92. The summed E-state index contributed by atoms with van der Waals surface area (Å²) in [7, 11) is -17.2. The second-order valence-electron chi connectivity index (χ2n) is 1.55. The monoisotopic (exact) mass is 510 g/mol. The van der Waals surface area contributed by atoms with Crippen LogP contribution >= 0.6 is 23.5 Å². The predicted octanol–water partition coefficient (Wildman–Crippen LogP) is -11.6. The van der Waals surface area contributed by atoms with Gasteiger partial charge in [-0.15, -0.1) is 0 Å². The topological polar surface area (TPSA) is 179 Å². The van der Waals surface area contributed by atoms with Gasteiger partial charge in [0.1, 0.15) is 0 Å². The van der Waals surface area contributed by atoms with E-state index in [2.05, 4.69) is 8.62 Å². The van der Waals surface area contributed by atoms with Crippen LogP contribution in [0.3, 0.4) is 0 Å². The number of hydrogen-bond donors (Lipinski definition) is 2. The minimum absolute atomic E-state index is 0. The van der Waals surface area contributed by atoms with Crippen LogP contribution in [-0.2, 0) is 22.3 Å². The molecule has 0 amide bonds. The third-order valence-electron chi connectivity index (χ3n) is 0.406. The Labute approximate surface area is 237 Å². The first-order valence-electron chi connectivity index (χ1n) is 2.23. The van der Waals surface area contributed by atoms with Crippen LogP contribution in [0.1, 0.15) is 0 Å². The molecule has 0 fully saturated rings. The SMILES string of the molecule is O=P([O-])([O-])OP(=O)([O-])OP(=O)(O)O.[Rb+].[Rb+].[Rb+]. The Kier molecular flexibility index (Phi) is 22.9. The van der Waals surface area contributed by atoms with E-state index in [0.717, 1.165) is 0 Å². The zero-order chi connectivity index (χ0) is 10.9. The van der Waals surface area contributed by atoms with Crippen molar-refractivity contribution in [3.63, 3.8) is 0 Å². The Morgan fingerprint density at radius 3 is 1.31 bits per heavy atom. The van der Waals surface area contributed by atoms with Crippen molar-refractivity contribution in [3.05, 3.63) is 0 Å². The normalized spacial score (nSPS) is 14.8. The van der Waals surface area contributed by atoms with Crippen LogP contribution < -0.4 is 189 Å². The number of rotatable bonds is 4. The summed E-state index contributed by atoms with van der Waals surface area (Å²) in [6.45, 7) is 0. The van der Waals surface area contributed by atoms with Gasteiger partial charge in [-0.05, 0) is 0 Å². The van der Waals surface area contributed by atoms with Crippen molar-refractivity contribution in [2.75, 3.05) is 0 Å². The molecule has 0 aromatic carbocycles. The van der Waals surface area contributed by atoms with Gasteiger partial charge in [0.2, 0.25) is 0 Å². The Morgan fingerprint density at radius 1 is 0.812 bits per heavy atom. The molecule has 2 N–H and O–H groups in total. The van der Waals surface area contributed by atoms with Crippen LogP contribution in [0.5, 0.6) is 0 Å². The van der Waals surface area contributed by atoms with Crippen LogP contribution in [-0.4, -0.2) is 9.79 Å². The van der Waals surface area contributed by atoms with E-state index in [9.17, 15) is 28.4 Å². The van der Waals surface area contributed by atoms with Gasteiger partial charge in [0.25, 0.3) is 7.82 Å². The maximum atomic E-state index is 10.2. The van der Waals surface area contributed by atoms with Crippen LogP contribution in [0.4, 0.5) is 0 Å². The molecule has 0 bridgehead atoms. The molecule has 10 nitrogen and oxygen atoms in total. The van der Waals surface area contributed by atoms with Gasteiger partial charge < -0.3 is 29.0 Å². The Hall–Kier alpha value is 5.83. The average molecular weight is 511 g/mol. The zero-order valence-corrected chi connectivity index (χ0v) is 25.9. The molecule has 0 aliphatic carbocycles. The number of hydrogen-bond acceptors (Lipinski definition) is 8. The maximum Gasteiger partial charge on any atom is 1.00 e. The first-order valence-corrected chi connectivity index (χ1v) is 6.68. The maximum absolute atomic E-state index is 10.2. The largest absolute Gasteiger partial charge is 1.00 e. The minimum Gasteiger partial charge on any atom is -0.790 e. The van der Waals surface area contributed by atoms with Crippen LogP contribution in [0.2, 0.25) is 0 Å². The molecule has 0 aliphatic heterocycles. The van der Waals surface area contributed by atoms with Crippen molar-refractivity contribution in [3.8, 4) is 0 Å². The van der Waals surface area contributed by atoms with Gasteiger partial charge in [-0.25, -0.2) is 8.88 Å². The van der Waals surface area contributed by atoms with Crippen molar-refractivity contribution in [2.24, 2.45) is 0 Å². The molecule has 0 saturated heterocycles. The molecule has 80 valence electrons. The third-order valence-corrected chi connectivity index (χ3v) is 3.66. The fourth-order valence-corrected chi connectivity index (χ4v) is 2.68. The molecular weight excluding hydrogens is 509 g/mol. The van der Waals surface area contributed by atoms with Gasteiger partial charge in [-0.1, -0.05) is 0 Å². The second kappa shape index (κ2) is 12.3. The van der Waals surface area contributed by atoms with E-state index >= 15 is 0 Å². The second-order valence-corrected chi connectivity index (χ2v) is 5.62. The van der Waals surface area contributed by atoms with Gasteiger partial charge >= 0.3 is 182 Å². The van der Waals surface area contributed by atoms with E-state index in [4.69, 9.17) is 9.79 Å². The molecule has 0 rings (SSSR count). The molecule has 0 aromatic heterocycles. The van der Waals surface area contributed by atoms with E-state index in [0.29, 0.717) is 0 Å². The smallest absolute Gasteiger partial charge is 0.790 e. The fraction of sp³-hybridized carbons (Fsp3) is 0. The number of phosphoric acid groups is 3. The van der Waals surface area contributed by atoms with E-state index in [1.165, 1.54) is 0 Å². The molecule has 16 heavy (non-hydrogen) atoms. The standard InChI is InChI=1S/H5O10P3.3Rb/c1-11(2,3)9-13(7,8)10-12(4,5)6;;;/h(H,7,8)(H2,1,2,3)(H2,4,5,6);;;/q;3*+1/p-3. The summed E-state index contributed by atoms with van der Waals surface area (Å²) in [5.74, 6) is 0. The van der Waals surface area contributed by atoms with E-state index in [1.54, 1.807) is 0 Å². The van der Waals surface area contributed by atoms with Crippen molar-refractivity contribution in [2.45, 2.75) is 0 Å². The molecule has 0 aromatic rings. The predicted molar refractivity (Wildman–Crippen MR) is 29.4 cm³/mol. The van der Waals surface area contributed by atoms with Gasteiger partial charge in [-0.2, -0.15) is 0 Å². The molecule has 0 heterocycles. The summed E-state index contributed by atoms with van der Waals surface area (Å²) >= 11 is 0. The molecule has 0 aliphatic rings. The molecule has 0 radical (unpaired) electrons. The van der Waals surface area contributed by atoms with Crippen molar-refractivity contribution >= 4 is 23.5 Å². The summed E-state index contributed by atoms with van der Waals surface area (Å²) < 4.78 is 35.3. The molecule has 16 heteroatoms. The summed E-state index contributed by atoms with van der Waals surface area (Å²) in [4.78, 5) is 45.3. The molecule has 1 unspecified atom stereocenters. The van der Waals surface area contributed by atoms with Crippen molar-refractivity contribution in [1.82, 2.24) is 0 Å². The molecular formula is H2O10P3Rb3. The van der Waals surface area contributed by atoms with E-state index in [-0.39, 0.29) is 175 Å². The molecule has 0 spiro atoms. The van der Waals surface area contributed by atoms with Crippen molar-refractivity contribution in [1.29, 1.82) is 0 Å². The Bertz CT molecular complexity index is 283. The van der Waals surface area contributed by atoms with Gasteiger partial charge in [0, 0.05) is 0 Å². The Morgan fingerprint density at radius 2 is 1.12 bits per heavy atom. The summed E-state index contributed by atoms with van der Waals surface area (Å²) in [6.07, 6.45) is 0. The van der Waals surface area contributed by atoms with Crippen LogP contribution in [0.25, 0.3) is 0 Å². The fourth-order valence-electron chi connectivity index (χ4n) is 0.268. The molecule has 1 atom stereocenters. The first-order chi connectivity index (χ1) is 5.41. The zero-order valence-electron chi connectivity index (χ0n) is 8.50. The summed E-state index contributed by atoms with van der Waals surface area (Å²) in [6, 6.07) is 0. The van der Waals surface area contributed by atoms with Gasteiger partial charge in [-0.3, -0.25) is 8.88 Å². The summed E-state index contributed by atoms with van der Waals surface area (Å²) in [5, 5.41) is 0. The summed E-state index contributed by atoms with van der Waals surface area (Å²) in [5.41, 5.74) is 0. The van der Waals surface area contributed by atoms with E-state index < -0.39 is 23.5 Å².